The molecule has 20 heavy (non-hydrogen) atoms. The van der Waals surface area contributed by atoms with Crippen LogP contribution < -0.4 is 14.8 Å². The Hall–Kier alpha value is -1.46. The Labute approximate surface area is 120 Å². The van der Waals surface area contributed by atoms with Crippen LogP contribution in [-0.4, -0.2) is 56.5 Å². The molecule has 0 radical (unpaired) electrons. The number of aliphatic hydroxyl groups excluding tert-OH is 1. The van der Waals surface area contributed by atoms with Crippen molar-refractivity contribution in [2.75, 3.05) is 45.8 Å². The van der Waals surface area contributed by atoms with Crippen molar-refractivity contribution < 1.29 is 14.6 Å². The second kappa shape index (κ2) is 7.36. The summed E-state index contributed by atoms with van der Waals surface area (Å²) in [5, 5.41) is 12.4. The first kappa shape index (κ1) is 14.9. The molecule has 5 heteroatoms. The zero-order chi connectivity index (χ0) is 14.4. The Morgan fingerprint density at radius 2 is 2.25 bits per heavy atom. The molecule has 0 spiro atoms. The molecule has 5 nitrogen and oxygen atoms in total. The monoisotopic (exact) mass is 280 g/mol. The molecule has 112 valence electrons. The molecule has 1 aliphatic rings. The summed E-state index contributed by atoms with van der Waals surface area (Å²) in [5.41, 5.74) is 1.03. The van der Waals surface area contributed by atoms with Gasteiger partial charge < -0.3 is 24.8 Å². The van der Waals surface area contributed by atoms with E-state index >= 15 is 0 Å². The van der Waals surface area contributed by atoms with Crippen LogP contribution >= 0.6 is 0 Å². The van der Waals surface area contributed by atoms with Crippen LogP contribution in [0.25, 0.3) is 0 Å². The second-order valence-corrected chi connectivity index (χ2v) is 5.18. The number of likely N-dealkylation sites (tertiary alicyclic amines) is 1. The number of benzene rings is 1. The van der Waals surface area contributed by atoms with E-state index in [9.17, 15) is 0 Å². The Kier molecular flexibility index (Phi) is 5.49. The van der Waals surface area contributed by atoms with Crippen LogP contribution in [0.3, 0.4) is 0 Å². The van der Waals surface area contributed by atoms with Crippen LogP contribution in [0.4, 0.5) is 5.69 Å². The maximum Gasteiger partial charge on any atom is 0.163 e. The minimum Gasteiger partial charge on any atom is -0.493 e. The number of likely N-dealkylation sites (N-methyl/N-ethyl adjacent to an activating group) is 1. The van der Waals surface area contributed by atoms with E-state index in [0.29, 0.717) is 17.5 Å². The SMILES string of the molecule is COc1ccc(NC2CCCN(C)C2)cc1OCCO. The minimum absolute atomic E-state index is 0.00572. The van der Waals surface area contributed by atoms with Crippen molar-refractivity contribution in [3.8, 4) is 11.5 Å². The molecule has 0 saturated carbocycles. The number of anilines is 1. The molecule has 0 amide bonds. The molecular formula is C15H24N2O3. The average molecular weight is 280 g/mol. The van der Waals surface area contributed by atoms with E-state index in [2.05, 4.69) is 17.3 Å². The summed E-state index contributed by atoms with van der Waals surface area (Å²) in [6.45, 7) is 2.49. The highest BCUT2D eigenvalue weighted by Gasteiger charge is 2.17. The highest BCUT2D eigenvalue weighted by Crippen LogP contribution is 2.30. The molecule has 0 aliphatic carbocycles. The first-order valence-electron chi connectivity index (χ1n) is 7.09. The summed E-state index contributed by atoms with van der Waals surface area (Å²) < 4.78 is 10.8. The number of aliphatic hydroxyl groups is 1. The van der Waals surface area contributed by atoms with E-state index in [4.69, 9.17) is 14.6 Å². The van der Waals surface area contributed by atoms with Gasteiger partial charge in [0.05, 0.1) is 13.7 Å². The molecule has 2 N–H and O–H groups in total. The zero-order valence-corrected chi connectivity index (χ0v) is 12.3. The van der Waals surface area contributed by atoms with Gasteiger partial charge in [-0.1, -0.05) is 0 Å². The fourth-order valence-electron chi connectivity index (χ4n) is 2.55. The van der Waals surface area contributed by atoms with Crippen LogP contribution in [0.2, 0.25) is 0 Å². The number of piperidine rings is 1. The number of nitrogens with one attached hydrogen (secondary N) is 1. The van der Waals surface area contributed by atoms with Crippen molar-refractivity contribution in [1.29, 1.82) is 0 Å². The Bertz CT molecular complexity index is 426. The molecule has 1 heterocycles. The molecule has 0 aromatic heterocycles. The topological polar surface area (TPSA) is 54.0 Å². The van der Waals surface area contributed by atoms with Crippen LogP contribution in [0, 0.1) is 0 Å². The first-order chi connectivity index (χ1) is 9.72. The van der Waals surface area contributed by atoms with Crippen LogP contribution in [0.15, 0.2) is 18.2 Å². The van der Waals surface area contributed by atoms with Gasteiger partial charge >= 0.3 is 0 Å². The number of hydrogen-bond acceptors (Lipinski definition) is 5. The van der Waals surface area contributed by atoms with Gasteiger partial charge in [-0.05, 0) is 38.6 Å². The van der Waals surface area contributed by atoms with Gasteiger partial charge in [0.1, 0.15) is 6.61 Å². The lowest BCUT2D eigenvalue weighted by molar-refractivity contribution is 0.196. The van der Waals surface area contributed by atoms with Gasteiger partial charge in [0.25, 0.3) is 0 Å². The summed E-state index contributed by atoms with van der Waals surface area (Å²) in [4.78, 5) is 2.34. The molecule has 0 bridgehead atoms. The van der Waals surface area contributed by atoms with Gasteiger partial charge in [-0.3, -0.25) is 0 Å². The number of rotatable bonds is 6. The molecule has 1 atom stereocenters. The van der Waals surface area contributed by atoms with E-state index in [-0.39, 0.29) is 13.2 Å². The first-order valence-corrected chi connectivity index (χ1v) is 7.09. The van der Waals surface area contributed by atoms with Crippen LogP contribution in [-0.2, 0) is 0 Å². The van der Waals surface area contributed by atoms with Gasteiger partial charge in [0, 0.05) is 24.3 Å². The van der Waals surface area contributed by atoms with Gasteiger partial charge in [-0.15, -0.1) is 0 Å². The van der Waals surface area contributed by atoms with Gasteiger partial charge in [0.15, 0.2) is 11.5 Å². The average Bonchev–Trinajstić information content (AvgIpc) is 2.45. The highest BCUT2D eigenvalue weighted by molar-refractivity contribution is 5.55. The maximum absolute atomic E-state index is 8.86. The Morgan fingerprint density at radius 3 is 2.95 bits per heavy atom. The third-order valence-electron chi connectivity index (χ3n) is 3.51. The second-order valence-electron chi connectivity index (χ2n) is 5.18. The van der Waals surface area contributed by atoms with E-state index in [1.54, 1.807) is 7.11 Å². The van der Waals surface area contributed by atoms with Crippen molar-refractivity contribution >= 4 is 5.69 Å². The summed E-state index contributed by atoms with van der Waals surface area (Å²) in [6, 6.07) is 6.29. The predicted molar refractivity (Wildman–Crippen MR) is 79.7 cm³/mol. The van der Waals surface area contributed by atoms with E-state index in [1.165, 1.54) is 19.4 Å². The third-order valence-corrected chi connectivity index (χ3v) is 3.51. The molecule has 2 rings (SSSR count). The smallest absolute Gasteiger partial charge is 0.163 e. The van der Waals surface area contributed by atoms with Crippen molar-refractivity contribution in [1.82, 2.24) is 4.90 Å². The summed E-state index contributed by atoms with van der Waals surface area (Å²) in [5.74, 6) is 1.35. The molecule has 1 saturated heterocycles. The lowest BCUT2D eigenvalue weighted by atomic mass is 10.1. The fraction of sp³-hybridized carbons (Fsp3) is 0.600. The molecule has 1 unspecified atom stereocenters. The lowest BCUT2D eigenvalue weighted by Gasteiger charge is -2.31. The normalized spacial score (nSPS) is 19.6. The molecule has 1 aliphatic heterocycles. The van der Waals surface area contributed by atoms with E-state index in [0.717, 1.165) is 12.2 Å². The fourth-order valence-corrected chi connectivity index (χ4v) is 2.55. The predicted octanol–water partition coefficient (Wildman–Crippen LogP) is 1.57. The molecular weight excluding hydrogens is 256 g/mol. The van der Waals surface area contributed by atoms with Crippen LogP contribution in [0.1, 0.15) is 12.8 Å². The number of methoxy groups -OCH3 is 1. The zero-order valence-electron chi connectivity index (χ0n) is 12.3. The highest BCUT2D eigenvalue weighted by atomic mass is 16.5. The summed E-state index contributed by atoms with van der Waals surface area (Å²) in [6.07, 6.45) is 2.40. The van der Waals surface area contributed by atoms with E-state index < -0.39 is 0 Å². The van der Waals surface area contributed by atoms with Crippen molar-refractivity contribution in [3.05, 3.63) is 18.2 Å². The maximum atomic E-state index is 8.86. The van der Waals surface area contributed by atoms with Gasteiger partial charge in [0.2, 0.25) is 0 Å². The molecule has 1 aromatic rings. The van der Waals surface area contributed by atoms with Crippen molar-refractivity contribution in [2.45, 2.75) is 18.9 Å². The lowest BCUT2D eigenvalue weighted by Crippen LogP contribution is -2.39. The van der Waals surface area contributed by atoms with E-state index in [1.807, 2.05) is 18.2 Å². The minimum atomic E-state index is -0.00572. The molecule has 1 aromatic carbocycles. The third kappa shape index (κ3) is 4.02. The Balaban J connectivity index is 2.03. The van der Waals surface area contributed by atoms with Gasteiger partial charge in [-0.2, -0.15) is 0 Å². The Morgan fingerprint density at radius 1 is 1.40 bits per heavy atom. The van der Waals surface area contributed by atoms with Crippen LogP contribution in [0.5, 0.6) is 11.5 Å². The summed E-state index contributed by atoms with van der Waals surface area (Å²) in [7, 11) is 3.77. The van der Waals surface area contributed by atoms with Crippen molar-refractivity contribution in [2.24, 2.45) is 0 Å². The van der Waals surface area contributed by atoms with Crippen molar-refractivity contribution in [3.63, 3.8) is 0 Å². The number of nitrogens with zero attached hydrogens (tertiary/aromatic N) is 1. The standard InChI is InChI=1S/C15H24N2O3/c1-17-7-3-4-13(11-17)16-12-5-6-14(19-2)15(10-12)20-9-8-18/h5-6,10,13,16,18H,3-4,7-9,11H2,1-2H3. The van der Waals surface area contributed by atoms with Gasteiger partial charge in [-0.25, -0.2) is 0 Å². The molecule has 1 fully saturated rings. The number of ether oxygens (including phenoxy) is 2. The quantitative estimate of drug-likeness (QED) is 0.828. The summed E-state index contributed by atoms with van der Waals surface area (Å²) >= 11 is 0. The number of hydrogen-bond donors (Lipinski definition) is 2. The largest absolute Gasteiger partial charge is 0.493 e.